The van der Waals surface area contributed by atoms with Crippen LogP contribution in [0.15, 0.2) is 50.7 Å². The summed E-state index contributed by atoms with van der Waals surface area (Å²) in [6.45, 7) is 6.24. The first-order chi connectivity index (χ1) is 14.5. The molecule has 0 N–H and O–H groups in total. The number of rotatable bonds is 4. The normalized spacial score (nSPS) is 20.5. The third-order valence-electron chi connectivity index (χ3n) is 5.12. The Morgan fingerprint density at radius 3 is 2.83 bits per heavy atom. The van der Waals surface area contributed by atoms with E-state index in [-0.39, 0.29) is 11.9 Å². The fraction of sp³-hybridized carbons (Fsp3) is 0.348. The highest BCUT2D eigenvalue weighted by atomic mass is 32.2. The Morgan fingerprint density at radius 2 is 2.10 bits per heavy atom. The summed E-state index contributed by atoms with van der Waals surface area (Å²) in [6.07, 6.45) is 4.10. The topological polar surface area (TPSA) is 72.1 Å². The van der Waals surface area contributed by atoms with E-state index in [2.05, 4.69) is 16.8 Å². The summed E-state index contributed by atoms with van der Waals surface area (Å²) in [6, 6.07) is 10.7. The van der Waals surface area contributed by atoms with Crippen molar-refractivity contribution >= 4 is 34.9 Å². The summed E-state index contributed by atoms with van der Waals surface area (Å²) < 4.78 is 10.9. The molecule has 1 aromatic carbocycles. The van der Waals surface area contributed by atoms with Gasteiger partial charge >= 0.3 is 5.97 Å². The molecule has 1 atom stereocenters. The van der Waals surface area contributed by atoms with Gasteiger partial charge in [0.25, 0.3) is 5.91 Å². The molecular weight excluding hydrogens is 400 g/mol. The monoisotopic (exact) mass is 424 g/mol. The second-order valence-electron chi connectivity index (χ2n) is 7.50. The van der Waals surface area contributed by atoms with Crippen LogP contribution in [-0.4, -0.2) is 41.6 Å². The van der Waals surface area contributed by atoms with Crippen molar-refractivity contribution in [2.75, 3.05) is 19.7 Å². The Kier molecular flexibility index (Phi) is 6.08. The van der Waals surface area contributed by atoms with Crippen LogP contribution in [0.5, 0.6) is 0 Å². The highest BCUT2D eigenvalue weighted by Gasteiger charge is 2.28. The lowest BCUT2D eigenvalue weighted by Gasteiger charge is -2.31. The van der Waals surface area contributed by atoms with Crippen molar-refractivity contribution in [3.8, 4) is 11.3 Å². The van der Waals surface area contributed by atoms with Crippen LogP contribution >= 0.6 is 11.8 Å². The second kappa shape index (κ2) is 8.92. The van der Waals surface area contributed by atoms with E-state index in [9.17, 15) is 9.59 Å². The van der Waals surface area contributed by atoms with Gasteiger partial charge in [-0.05, 0) is 61.7 Å². The number of esters is 1. The maximum absolute atomic E-state index is 12.4. The first-order valence-corrected chi connectivity index (χ1v) is 11.0. The number of hydrogen-bond acceptors (Lipinski definition) is 6. The summed E-state index contributed by atoms with van der Waals surface area (Å²) in [7, 11) is 0. The minimum atomic E-state index is -0.343. The van der Waals surface area contributed by atoms with E-state index < -0.39 is 0 Å². The van der Waals surface area contributed by atoms with Crippen molar-refractivity contribution < 1.29 is 18.7 Å². The molecule has 2 aliphatic heterocycles. The van der Waals surface area contributed by atoms with Crippen molar-refractivity contribution in [1.29, 1.82) is 0 Å². The lowest BCUT2D eigenvalue weighted by Crippen LogP contribution is -2.37. The molecule has 156 valence electrons. The second-order valence-corrected chi connectivity index (χ2v) is 8.51. The van der Waals surface area contributed by atoms with Gasteiger partial charge in [0, 0.05) is 24.7 Å². The van der Waals surface area contributed by atoms with Crippen molar-refractivity contribution in [3.63, 3.8) is 0 Å². The molecule has 0 saturated carbocycles. The number of benzene rings is 1. The van der Waals surface area contributed by atoms with E-state index >= 15 is 0 Å². The maximum atomic E-state index is 12.4. The lowest BCUT2D eigenvalue weighted by molar-refractivity contribution is -0.113. The van der Waals surface area contributed by atoms with E-state index in [1.165, 1.54) is 18.2 Å². The van der Waals surface area contributed by atoms with Crippen LogP contribution in [0.2, 0.25) is 0 Å². The van der Waals surface area contributed by atoms with Crippen LogP contribution in [0.4, 0.5) is 0 Å². The van der Waals surface area contributed by atoms with Gasteiger partial charge < -0.3 is 14.1 Å². The number of nitrogens with zero attached hydrogens (tertiary/aromatic N) is 2. The van der Waals surface area contributed by atoms with E-state index in [0.717, 1.165) is 30.2 Å². The summed E-state index contributed by atoms with van der Waals surface area (Å²) in [5.41, 5.74) is 1.34. The van der Waals surface area contributed by atoms with Gasteiger partial charge in [0.05, 0.1) is 17.1 Å². The minimum Gasteiger partial charge on any atom is -0.462 e. The molecule has 1 unspecified atom stereocenters. The van der Waals surface area contributed by atoms with Gasteiger partial charge in [-0.3, -0.25) is 4.79 Å². The number of thioether (sulfide) groups is 1. The first kappa shape index (κ1) is 20.5. The Labute approximate surface area is 180 Å². The number of amidine groups is 1. The molecule has 7 heteroatoms. The predicted octanol–water partition coefficient (Wildman–Crippen LogP) is 4.83. The van der Waals surface area contributed by atoms with Crippen molar-refractivity contribution in [1.82, 2.24) is 4.90 Å². The number of carbonyl (C=O) groups is 2. The number of amides is 1. The Hall–Kier alpha value is -2.80. The van der Waals surface area contributed by atoms with Gasteiger partial charge in [-0.25, -0.2) is 4.79 Å². The zero-order valence-electron chi connectivity index (χ0n) is 17.1. The fourth-order valence-electron chi connectivity index (χ4n) is 3.60. The van der Waals surface area contributed by atoms with Gasteiger partial charge in [-0.2, -0.15) is 4.99 Å². The summed E-state index contributed by atoms with van der Waals surface area (Å²) >= 11 is 1.41. The number of piperidine rings is 1. The lowest BCUT2D eigenvalue weighted by atomic mass is 10.0. The van der Waals surface area contributed by atoms with E-state index in [1.54, 1.807) is 25.1 Å². The number of aliphatic imine (C=N–C) groups is 1. The summed E-state index contributed by atoms with van der Waals surface area (Å²) in [5, 5.41) is 0.791. The quantitative estimate of drug-likeness (QED) is 0.517. The van der Waals surface area contributed by atoms with Gasteiger partial charge in [-0.1, -0.05) is 19.1 Å². The van der Waals surface area contributed by atoms with E-state index in [0.29, 0.717) is 34.5 Å². The highest BCUT2D eigenvalue weighted by Crippen LogP contribution is 2.33. The molecule has 0 bridgehead atoms. The predicted molar refractivity (Wildman–Crippen MR) is 118 cm³/mol. The van der Waals surface area contributed by atoms with Crippen molar-refractivity contribution in [3.05, 3.63) is 52.6 Å². The zero-order valence-corrected chi connectivity index (χ0v) is 17.9. The summed E-state index contributed by atoms with van der Waals surface area (Å²) in [4.78, 5) is 31.2. The molecule has 1 aromatic heterocycles. The van der Waals surface area contributed by atoms with Crippen LogP contribution in [0.1, 0.15) is 42.8 Å². The van der Waals surface area contributed by atoms with Crippen LogP contribution in [-0.2, 0) is 9.53 Å². The average molecular weight is 425 g/mol. The molecule has 0 spiro atoms. The maximum Gasteiger partial charge on any atom is 0.338 e. The molecule has 3 heterocycles. The third-order valence-corrected chi connectivity index (χ3v) is 6.16. The van der Waals surface area contributed by atoms with Crippen molar-refractivity contribution in [2.24, 2.45) is 10.9 Å². The molecule has 4 rings (SSSR count). The molecule has 0 radical (unpaired) electrons. The molecule has 30 heavy (non-hydrogen) atoms. The molecule has 0 aliphatic carbocycles. The van der Waals surface area contributed by atoms with Gasteiger partial charge in [0.1, 0.15) is 11.5 Å². The zero-order chi connectivity index (χ0) is 21.1. The largest absolute Gasteiger partial charge is 0.462 e. The van der Waals surface area contributed by atoms with E-state index in [4.69, 9.17) is 9.15 Å². The first-order valence-electron chi connectivity index (χ1n) is 10.2. The molecule has 1 fully saturated rings. The van der Waals surface area contributed by atoms with Crippen LogP contribution in [0.25, 0.3) is 17.4 Å². The van der Waals surface area contributed by atoms with Gasteiger partial charge in [0.2, 0.25) is 0 Å². The molecule has 1 saturated heterocycles. The SMILES string of the molecule is CCOC(=O)c1ccc(-c2ccc(C=C3SC(N4CCCC(C)C4)=NC3=O)o2)cc1. The van der Waals surface area contributed by atoms with Crippen LogP contribution < -0.4 is 0 Å². The molecule has 2 aromatic rings. The molecule has 6 nitrogen and oxygen atoms in total. The Balaban J connectivity index is 1.45. The number of furan rings is 1. The molecule has 1 amide bonds. The van der Waals surface area contributed by atoms with Crippen molar-refractivity contribution in [2.45, 2.75) is 26.7 Å². The van der Waals surface area contributed by atoms with Gasteiger partial charge in [0.15, 0.2) is 5.17 Å². The van der Waals surface area contributed by atoms with Crippen LogP contribution in [0, 0.1) is 5.92 Å². The minimum absolute atomic E-state index is 0.218. The average Bonchev–Trinajstić information content (AvgIpc) is 3.36. The van der Waals surface area contributed by atoms with Gasteiger partial charge in [-0.15, -0.1) is 0 Å². The van der Waals surface area contributed by atoms with Crippen LogP contribution in [0.3, 0.4) is 0 Å². The smallest absolute Gasteiger partial charge is 0.338 e. The standard InChI is InChI=1S/C23H24N2O4S/c1-3-28-22(27)17-8-6-16(7-9-17)19-11-10-18(29-19)13-20-21(26)24-23(30-20)25-12-4-5-15(2)14-25/h6-11,13,15H,3-5,12,14H2,1-2H3. The molecule has 2 aliphatic rings. The number of carbonyl (C=O) groups excluding carboxylic acids is 2. The number of ether oxygens (including phenoxy) is 1. The highest BCUT2D eigenvalue weighted by molar-refractivity contribution is 8.18. The third kappa shape index (κ3) is 4.51. The van der Waals surface area contributed by atoms with E-state index in [1.807, 2.05) is 24.3 Å². The summed E-state index contributed by atoms with van der Waals surface area (Å²) in [5.74, 6) is 1.32. The number of hydrogen-bond donors (Lipinski definition) is 0. The Morgan fingerprint density at radius 1 is 1.30 bits per heavy atom. The Bertz CT molecular complexity index is 1010. The fourth-order valence-corrected chi connectivity index (χ4v) is 4.52. The number of likely N-dealkylation sites (tertiary alicyclic amines) is 1. The molecular formula is C23H24N2O4S.